The summed E-state index contributed by atoms with van der Waals surface area (Å²) in [7, 11) is 1.80. The molecular weight excluding hydrogens is 322 g/mol. The van der Waals surface area contributed by atoms with Gasteiger partial charge in [0.2, 0.25) is 5.91 Å². The zero-order chi connectivity index (χ0) is 18.2. The minimum Gasteiger partial charge on any atom is -0.359 e. The van der Waals surface area contributed by atoms with Crippen LogP contribution in [0.3, 0.4) is 0 Å². The minimum absolute atomic E-state index is 0.0364. The van der Waals surface area contributed by atoms with Gasteiger partial charge >= 0.3 is 0 Å². The number of nitrogens with zero attached hydrogens (tertiary/aromatic N) is 1. The van der Waals surface area contributed by atoms with Gasteiger partial charge in [0.05, 0.1) is 0 Å². The summed E-state index contributed by atoms with van der Waals surface area (Å²) in [5.41, 5.74) is 3.18. The van der Waals surface area contributed by atoms with Gasteiger partial charge in [0.1, 0.15) is 12.7 Å². The molecule has 0 unspecified atom stereocenters. The van der Waals surface area contributed by atoms with Crippen molar-refractivity contribution >= 4 is 5.91 Å². The topological polar surface area (TPSA) is 29.5 Å². The second-order valence-electron chi connectivity index (χ2n) is 6.25. The molecule has 0 spiro atoms. The maximum absolute atomic E-state index is 12.5. The fourth-order valence-corrected chi connectivity index (χ4v) is 2.85. The van der Waals surface area contributed by atoms with Gasteiger partial charge in [-0.1, -0.05) is 91.0 Å². The third-order valence-corrected chi connectivity index (χ3v) is 4.27. The molecular formula is C23H23NO2. The largest absolute Gasteiger partial charge is 0.359 e. The number of likely N-dealkylation sites (N-methyl/N-ethyl adjacent to an activating group) is 1. The first-order chi connectivity index (χ1) is 12.7. The van der Waals surface area contributed by atoms with Gasteiger partial charge in [-0.2, -0.15) is 0 Å². The van der Waals surface area contributed by atoms with Crippen molar-refractivity contribution in [2.24, 2.45) is 0 Å². The Balaban J connectivity index is 1.67. The van der Waals surface area contributed by atoms with E-state index >= 15 is 0 Å². The summed E-state index contributed by atoms with van der Waals surface area (Å²) >= 11 is 0. The molecule has 132 valence electrons. The molecule has 0 aromatic heterocycles. The van der Waals surface area contributed by atoms with Gasteiger partial charge < -0.3 is 9.64 Å². The zero-order valence-corrected chi connectivity index (χ0v) is 14.9. The maximum Gasteiger partial charge on any atom is 0.248 e. The highest BCUT2D eigenvalue weighted by atomic mass is 16.5. The molecule has 0 aliphatic carbocycles. The quantitative estimate of drug-likeness (QED) is 0.633. The summed E-state index contributed by atoms with van der Waals surface area (Å²) in [6.45, 7) is 0.613. The fraction of sp³-hybridized carbons (Fsp3) is 0.174. The number of amides is 1. The second kappa shape index (κ2) is 8.97. The van der Waals surface area contributed by atoms with Gasteiger partial charge in [0, 0.05) is 13.6 Å². The minimum atomic E-state index is -0.258. The molecule has 0 saturated heterocycles. The maximum atomic E-state index is 12.5. The molecule has 3 rings (SSSR count). The number of carbonyl (C=O) groups excluding carboxylic acids is 1. The van der Waals surface area contributed by atoms with Gasteiger partial charge in [0.25, 0.3) is 0 Å². The first-order valence-corrected chi connectivity index (χ1v) is 8.73. The Bertz CT molecular complexity index is 764. The standard InChI is InChI=1S/C23H23NO2/c1-24(17-19-11-5-2-6-12-19)22(25)18-26-23(20-13-7-3-8-14-20)21-15-9-4-10-16-21/h2-16,23H,17-18H2,1H3. The van der Waals surface area contributed by atoms with Crippen LogP contribution < -0.4 is 0 Å². The Morgan fingerprint density at radius 1 is 0.808 bits per heavy atom. The lowest BCUT2D eigenvalue weighted by molar-refractivity contribution is -0.136. The first-order valence-electron chi connectivity index (χ1n) is 8.73. The van der Waals surface area contributed by atoms with Crippen LogP contribution in [-0.4, -0.2) is 24.5 Å². The van der Waals surface area contributed by atoms with Crippen LogP contribution in [0.5, 0.6) is 0 Å². The van der Waals surface area contributed by atoms with Crippen molar-refractivity contribution in [1.29, 1.82) is 0 Å². The summed E-state index contributed by atoms with van der Waals surface area (Å²) in [5.74, 6) is -0.0364. The van der Waals surface area contributed by atoms with E-state index in [2.05, 4.69) is 0 Å². The van der Waals surface area contributed by atoms with E-state index in [0.717, 1.165) is 16.7 Å². The van der Waals surface area contributed by atoms with Crippen molar-refractivity contribution in [3.8, 4) is 0 Å². The Kier molecular flexibility index (Phi) is 6.18. The van der Waals surface area contributed by atoms with Crippen LogP contribution in [-0.2, 0) is 16.1 Å². The molecule has 26 heavy (non-hydrogen) atoms. The normalized spacial score (nSPS) is 10.7. The lowest BCUT2D eigenvalue weighted by Crippen LogP contribution is -2.30. The lowest BCUT2D eigenvalue weighted by atomic mass is 10.0. The van der Waals surface area contributed by atoms with Crippen LogP contribution in [0.1, 0.15) is 22.8 Å². The van der Waals surface area contributed by atoms with Gasteiger partial charge in [-0.3, -0.25) is 4.79 Å². The average molecular weight is 345 g/mol. The SMILES string of the molecule is CN(Cc1ccccc1)C(=O)COC(c1ccccc1)c1ccccc1. The monoisotopic (exact) mass is 345 g/mol. The number of carbonyl (C=O) groups is 1. The van der Waals surface area contributed by atoms with E-state index in [0.29, 0.717) is 6.54 Å². The van der Waals surface area contributed by atoms with E-state index in [1.807, 2.05) is 91.0 Å². The van der Waals surface area contributed by atoms with Crippen LogP contribution in [0.4, 0.5) is 0 Å². The predicted molar refractivity (Wildman–Crippen MR) is 104 cm³/mol. The summed E-state index contributed by atoms with van der Waals surface area (Å²) in [6, 6.07) is 29.9. The summed E-state index contributed by atoms with van der Waals surface area (Å²) < 4.78 is 6.04. The van der Waals surface area contributed by atoms with Crippen LogP contribution in [0.25, 0.3) is 0 Å². The van der Waals surface area contributed by atoms with E-state index in [1.165, 1.54) is 0 Å². The highest BCUT2D eigenvalue weighted by Crippen LogP contribution is 2.25. The van der Waals surface area contributed by atoms with Crippen molar-refractivity contribution in [3.05, 3.63) is 108 Å². The summed E-state index contributed by atoms with van der Waals surface area (Å²) in [5, 5.41) is 0. The molecule has 0 fully saturated rings. The molecule has 0 aliphatic heterocycles. The van der Waals surface area contributed by atoms with Crippen molar-refractivity contribution in [3.63, 3.8) is 0 Å². The molecule has 0 atom stereocenters. The van der Waals surface area contributed by atoms with E-state index in [4.69, 9.17) is 4.74 Å². The number of hydrogen-bond donors (Lipinski definition) is 0. The summed E-state index contributed by atoms with van der Waals surface area (Å²) in [6.07, 6.45) is -0.258. The smallest absolute Gasteiger partial charge is 0.248 e. The van der Waals surface area contributed by atoms with Crippen molar-refractivity contribution in [2.75, 3.05) is 13.7 Å². The highest BCUT2D eigenvalue weighted by molar-refractivity contribution is 5.77. The number of ether oxygens (including phenoxy) is 1. The van der Waals surface area contributed by atoms with Crippen LogP contribution in [0.15, 0.2) is 91.0 Å². The molecule has 0 aliphatic rings. The van der Waals surface area contributed by atoms with Gasteiger partial charge in [-0.05, 0) is 16.7 Å². The van der Waals surface area contributed by atoms with Crippen molar-refractivity contribution in [2.45, 2.75) is 12.6 Å². The molecule has 3 aromatic carbocycles. The van der Waals surface area contributed by atoms with Crippen molar-refractivity contribution in [1.82, 2.24) is 4.90 Å². The Morgan fingerprint density at radius 2 is 1.27 bits per heavy atom. The van der Waals surface area contributed by atoms with Gasteiger partial charge in [-0.25, -0.2) is 0 Å². The predicted octanol–water partition coefficient (Wildman–Crippen LogP) is 4.45. The molecule has 3 aromatic rings. The number of hydrogen-bond acceptors (Lipinski definition) is 2. The number of rotatable bonds is 7. The third kappa shape index (κ3) is 4.80. The third-order valence-electron chi connectivity index (χ3n) is 4.27. The second-order valence-corrected chi connectivity index (χ2v) is 6.25. The number of benzene rings is 3. The molecule has 1 amide bonds. The Labute approximate surface area is 154 Å². The molecule has 0 saturated carbocycles. The van der Waals surface area contributed by atoms with Crippen molar-refractivity contribution < 1.29 is 9.53 Å². The molecule has 0 heterocycles. The Hall–Kier alpha value is -2.91. The summed E-state index contributed by atoms with van der Waals surface area (Å²) in [4.78, 5) is 14.2. The van der Waals surface area contributed by atoms with E-state index in [-0.39, 0.29) is 18.6 Å². The van der Waals surface area contributed by atoms with E-state index in [9.17, 15) is 4.79 Å². The highest BCUT2D eigenvalue weighted by Gasteiger charge is 2.17. The Morgan fingerprint density at radius 3 is 1.77 bits per heavy atom. The van der Waals surface area contributed by atoms with Crippen LogP contribution in [0, 0.1) is 0 Å². The van der Waals surface area contributed by atoms with Gasteiger partial charge in [-0.15, -0.1) is 0 Å². The molecule has 0 N–H and O–H groups in total. The average Bonchev–Trinajstić information content (AvgIpc) is 2.70. The lowest BCUT2D eigenvalue weighted by Gasteiger charge is -2.22. The molecule has 0 bridgehead atoms. The van der Waals surface area contributed by atoms with E-state index < -0.39 is 0 Å². The van der Waals surface area contributed by atoms with Crippen LogP contribution >= 0.6 is 0 Å². The fourth-order valence-electron chi connectivity index (χ4n) is 2.85. The molecule has 3 heteroatoms. The first kappa shape index (κ1) is 17.9. The molecule has 0 radical (unpaired) electrons. The van der Waals surface area contributed by atoms with Crippen LogP contribution in [0.2, 0.25) is 0 Å². The van der Waals surface area contributed by atoms with Gasteiger partial charge in [0.15, 0.2) is 0 Å². The van der Waals surface area contributed by atoms with E-state index in [1.54, 1.807) is 11.9 Å². The molecule has 3 nitrogen and oxygen atoms in total. The zero-order valence-electron chi connectivity index (χ0n) is 14.9.